The fraction of sp³-hybridized carbons (Fsp3) is 0.550. The average Bonchev–Trinajstić information content (AvgIpc) is 2.65. The van der Waals surface area contributed by atoms with Gasteiger partial charge in [-0.25, -0.2) is 4.39 Å². The highest BCUT2D eigenvalue weighted by atomic mass is 19.1. The molecule has 0 spiro atoms. The van der Waals surface area contributed by atoms with Crippen LogP contribution in [0.3, 0.4) is 0 Å². The van der Waals surface area contributed by atoms with E-state index in [1.54, 1.807) is 9.80 Å². The van der Waals surface area contributed by atoms with Crippen molar-refractivity contribution in [2.75, 3.05) is 26.2 Å². The number of carbonyl (C=O) groups is 3. The van der Waals surface area contributed by atoms with Crippen LogP contribution in [0.15, 0.2) is 24.3 Å². The lowest BCUT2D eigenvalue weighted by atomic mass is 9.94. The van der Waals surface area contributed by atoms with Gasteiger partial charge in [-0.1, -0.05) is 0 Å². The molecular formula is C20H28FN3O3. The maximum Gasteiger partial charge on any atom is 0.253 e. The number of hydrogen-bond acceptors (Lipinski definition) is 3. The number of benzene rings is 1. The van der Waals surface area contributed by atoms with Crippen LogP contribution in [-0.4, -0.2) is 59.7 Å². The van der Waals surface area contributed by atoms with E-state index in [1.165, 1.54) is 24.3 Å². The number of carbonyl (C=O) groups excluding carboxylic acids is 3. The van der Waals surface area contributed by atoms with Crippen molar-refractivity contribution in [3.8, 4) is 0 Å². The molecule has 1 aromatic rings. The minimum atomic E-state index is -0.378. The Kier molecular flexibility index (Phi) is 7.33. The van der Waals surface area contributed by atoms with Gasteiger partial charge in [0.15, 0.2) is 0 Å². The predicted octanol–water partition coefficient (Wildman–Crippen LogP) is 2.05. The molecule has 7 heteroatoms. The van der Waals surface area contributed by atoms with Crippen LogP contribution in [0.25, 0.3) is 0 Å². The smallest absolute Gasteiger partial charge is 0.253 e. The van der Waals surface area contributed by atoms with Crippen molar-refractivity contribution < 1.29 is 18.8 Å². The maximum atomic E-state index is 13.0. The summed E-state index contributed by atoms with van der Waals surface area (Å²) in [5, 5.41) is 2.80. The standard InChI is InChI=1S/C20H28FN3O3/c1-4-23(13-18(25)22-14(2)3)19(26)16-9-11-24(12-10-16)20(27)15-5-7-17(21)8-6-15/h5-8,14,16H,4,9-13H2,1-3H3,(H,22,25). The van der Waals surface area contributed by atoms with E-state index in [2.05, 4.69) is 5.32 Å². The summed E-state index contributed by atoms with van der Waals surface area (Å²) in [6.45, 7) is 7.09. The largest absolute Gasteiger partial charge is 0.352 e. The zero-order valence-corrected chi connectivity index (χ0v) is 16.2. The monoisotopic (exact) mass is 377 g/mol. The molecule has 0 aliphatic carbocycles. The van der Waals surface area contributed by atoms with Gasteiger partial charge in [0.1, 0.15) is 5.82 Å². The molecule has 0 atom stereocenters. The number of nitrogens with one attached hydrogen (secondary N) is 1. The first kappa shape index (κ1) is 20.9. The van der Waals surface area contributed by atoms with E-state index in [0.717, 1.165) is 0 Å². The normalized spacial score (nSPS) is 14.9. The van der Waals surface area contributed by atoms with Crippen molar-refractivity contribution in [1.29, 1.82) is 0 Å². The number of amides is 3. The predicted molar refractivity (Wildman–Crippen MR) is 101 cm³/mol. The van der Waals surface area contributed by atoms with Gasteiger partial charge in [0.05, 0.1) is 6.54 Å². The molecule has 27 heavy (non-hydrogen) atoms. The third kappa shape index (κ3) is 5.77. The molecule has 1 aromatic carbocycles. The van der Waals surface area contributed by atoms with E-state index in [9.17, 15) is 18.8 Å². The van der Waals surface area contributed by atoms with Crippen LogP contribution >= 0.6 is 0 Å². The number of rotatable bonds is 6. The van der Waals surface area contributed by atoms with Gasteiger partial charge in [0, 0.05) is 37.2 Å². The topological polar surface area (TPSA) is 69.7 Å². The highest BCUT2D eigenvalue weighted by Crippen LogP contribution is 2.21. The van der Waals surface area contributed by atoms with E-state index in [4.69, 9.17) is 0 Å². The Labute approximate surface area is 159 Å². The molecule has 1 N–H and O–H groups in total. The summed E-state index contributed by atoms with van der Waals surface area (Å²) in [4.78, 5) is 40.4. The number of nitrogens with zero attached hydrogens (tertiary/aromatic N) is 2. The average molecular weight is 377 g/mol. The Morgan fingerprint density at radius 1 is 1.19 bits per heavy atom. The minimum absolute atomic E-state index is 0.0343. The molecule has 0 bridgehead atoms. The van der Waals surface area contributed by atoms with E-state index in [1.807, 2.05) is 20.8 Å². The van der Waals surface area contributed by atoms with Gasteiger partial charge in [-0.15, -0.1) is 0 Å². The van der Waals surface area contributed by atoms with Crippen LogP contribution in [0.4, 0.5) is 4.39 Å². The van der Waals surface area contributed by atoms with Gasteiger partial charge < -0.3 is 15.1 Å². The first-order valence-electron chi connectivity index (χ1n) is 9.44. The molecule has 1 aliphatic heterocycles. The highest BCUT2D eigenvalue weighted by molar-refractivity contribution is 5.94. The van der Waals surface area contributed by atoms with Crippen LogP contribution < -0.4 is 5.32 Å². The molecule has 0 radical (unpaired) electrons. The maximum absolute atomic E-state index is 13.0. The Hall–Kier alpha value is -2.44. The summed E-state index contributed by atoms with van der Waals surface area (Å²) in [5.41, 5.74) is 0.446. The summed E-state index contributed by atoms with van der Waals surface area (Å²) in [6, 6.07) is 5.52. The fourth-order valence-electron chi connectivity index (χ4n) is 3.25. The quantitative estimate of drug-likeness (QED) is 0.825. The molecule has 0 unspecified atom stereocenters. The lowest BCUT2D eigenvalue weighted by molar-refractivity contribution is -0.140. The van der Waals surface area contributed by atoms with Crippen molar-refractivity contribution in [2.24, 2.45) is 5.92 Å². The molecule has 3 amide bonds. The summed E-state index contributed by atoms with van der Waals surface area (Å²) in [6.07, 6.45) is 1.13. The molecular weight excluding hydrogens is 349 g/mol. The Morgan fingerprint density at radius 2 is 1.78 bits per heavy atom. The first-order chi connectivity index (χ1) is 12.8. The van der Waals surface area contributed by atoms with E-state index < -0.39 is 0 Å². The van der Waals surface area contributed by atoms with Crippen molar-refractivity contribution in [2.45, 2.75) is 39.7 Å². The second kappa shape index (κ2) is 9.48. The van der Waals surface area contributed by atoms with E-state index in [0.29, 0.717) is 38.0 Å². The van der Waals surface area contributed by atoms with Crippen LogP contribution in [0.5, 0.6) is 0 Å². The molecule has 1 saturated heterocycles. The highest BCUT2D eigenvalue weighted by Gasteiger charge is 2.30. The van der Waals surface area contributed by atoms with Crippen LogP contribution in [0.2, 0.25) is 0 Å². The molecule has 6 nitrogen and oxygen atoms in total. The summed E-state index contributed by atoms with van der Waals surface area (Å²) < 4.78 is 13.0. The summed E-state index contributed by atoms with van der Waals surface area (Å²) >= 11 is 0. The van der Waals surface area contributed by atoms with Gasteiger partial charge in [-0.3, -0.25) is 14.4 Å². The van der Waals surface area contributed by atoms with E-state index >= 15 is 0 Å². The minimum Gasteiger partial charge on any atom is -0.352 e. The third-order valence-electron chi connectivity index (χ3n) is 4.70. The third-order valence-corrected chi connectivity index (χ3v) is 4.70. The van der Waals surface area contributed by atoms with Crippen LogP contribution in [0.1, 0.15) is 44.0 Å². The number of piperidine rings is 1. The van der Waals surface area contributed by atoms with Crippen molar-refractivity contribution in [3.63, 3.8) is 0 Å². The molecule has 148 valence electrons. The van der Waals surface area contributed by atoms with Gasteiger partial charge in [-0.2, -0.15) is 0 Å². The van der Waals surface area contributed by atoms with Crippen LogP contribution in [0, 0.1) is 11.7 Å². The number of hydrogen-bond donors (Lipinski definition) is 1. The lowest BCUT2D eigenvalue weighted by Gasteiger charge is -2.34. The Morgan fingerprint density at radius 3 is 2.30 bits per heavy atom. The van der Waals surface area contributed by atoms with Gasteiger partial charge in [0.2, 0.25) is 11.8 Å². The van der Waals surface area contributed by atoms with Crippen molar-refractivity contribution in [1.82, 2.24) is 15.1 Å². The summed E-state index contributed by atoms with van der Waals surface area (Å²) in [7, 11) is 0. The van der Waals surface area contributed by atoms with Gasteiger partial charge >= 0.3 is 0 Å². The first-order valence-corrected chi connectivity index (χ1v) is 9.44. The number of halogens is 1. The molecule has 0 aromatic heterocycles. The number of likely N-dealkylation sites (N-methyl/N-ethyl adjacent to an activating group) is 1. The SMILES string of the molecule is CCN(CC(=O)NC(C)C)C(=O)C1CCN(C(=O)c2ccc(F)cc2)CC1. The van der Waals surface area contributed by atoms with Crippen molar-refractivity contribution >= 4 is 17.7 Å². The second-order valence-corrected chi connectivity index (χ2v) is 7.15. The van der Waals surface area contributed by atoms with Gasteiger partial charge in [-0.05, 0) is 57.9 Å². The Balaban J connectivity index is 1.89. The van der Waals surface area contributed by atoms with E-state index in [-0.39, 0.29) is 42.0 Å². The van der Waals surface area contributed by atoms with Gasteiger partial charge in [0.25, 0.3) is 5.91 Å². The molecule has 2 rings (SSSR count). The molecule has 1 fully saturated rings. The Bertz CT molecular complexity index is 668. The second-order valence-electron chi connectivity index (χ2n) is 7.15. The number of likely N-dealkylation sites (tertiary alicyclic amines) is 1. The molecule has 1 aliphatic rings. The summed E-state index contributed by atoms with van der Waals surface area (Å²) in [5.74, 6) is -0.912. The zero-order chi connectivity index (χ0) is 20.0. The zero-order valence-electron chi connectivity index (χ0n) is 16.2. The van der Waals surface area contributed by atoms with Crippen molar-refractivity contribution in [3.05, 3.63) is 35.6 Å². The van der Waals surface area contributed by atoms with Crippen LogP contribution in [-0.2, 0) is 9.59 Å². The molecule has 0 saturated carbocycles. The lowest BCUT2D eigenvalue weighted by Crippen LogP contribution is -2.47. The molecule has 1 heterocycles. The fourth-order valence-corrected chi connectivity index (χ4v) is 3.25.